The van der Waals surface area contributed by atoms with Crippen molar-refractivity contribution in [2.75, 3.05) is 11.9 Å². The number of anilines is 1. The summed E-state index contributed by atoms with van der Waals surface area (Å²) >= 11 is 6.81. The molecule has 0 aliphatic carbocycles. The summed E-state index contributed by atoms with van der Waals surface area (Å²) in [4.78, 5) is 24.8. The number of rotatable bonds is 5. The number of benzene rings is 2. The molecule has 0 fully saturated rings. The van der Waals surface area contributed by atoms with Gasteiger partial charge in [-0.25, -0.2) is 9.18 Å². The number of thioether (sulfide) groups is 1. The minimum Gasteiger partial charge on any atom is -0.452 e. The van der Waals surface area contributed by atoms with Crippen molar-refractivity contribution >= 4 is 40.9 Å². The quantitative estimate of drug-likeness (QED) is 0.461. The number of carbonyl (C=O) groups excluding carboxylic acids is 2. The molecule has 0 saturated carbocycles. The van der Waals surface area contributed by atoms with Gasteiger partial charge < -0.3 is 10.1 Å². The number of aryl methyl sites for hydroxylation is 2. The molecule has 0 bridgehead atoms. The maximum absolute atomic E-state index is 13.7. The number of carbonyl (C=O) groups is 2. The SMILES string of the molecule is Cc1cc(SC#N)cc(C)c1NC(=O)COC(=O)c1c(F)cccc1Cl. The molecule has 2 aromatic carbocycles. The highest BCUT2D eigenvalue weighted by Crippen LogP contribution is 2.27. The minimum absolute atomic E-state index is 0.0901. The number of hydrogen-bond acceptors (Lipinski definition) is 5. The second kappa shape index (κ2) is 8.70. The van der Waals surface area contributed by atoms with E-state index in [1.807, 2.05) is 5.40 Å². The summed E-state index contributed by atoms with van der Waals surface area (Å²) in [6.45, 7) is 2.99. The predicted octanol–water partition coefficient (Wildman–Crippen LogP) is 4.46. The van der Waals surface area contributed by atoms with Crippen molar-refractivity contribution in [2.45, 2.75) is 18.7 Å². The van der Waals surface area contributed by atoms with Crippen LogP contribution in [0.3, 0.4) is 0 Å². The monoisotopic (exact) mass is 392 g/mol. The molecule has 0 saturated heterocycles. The van der Waals surface area contributed by atoms with Crippen molar-refractivity contribution in [3.05, 3.63) is 57.9 Å². The zero-order chi connectivity index (χ0) is 19.3. The van der Waals surface area contributed by atoms with Crippen LogP contribution in [0.4, 0.5) is 10.1 Å². The van der Waals surface area contributed by atoms with Crippen LogP contribution in [0.1, 0.15) is 21.5 Å². The number of esters is 1. The molecule has 5 nitrogen and oxygen atoms in total. The topological polar surface area (TPSA) is 79.2 Å². The van der Waals surface area contributed by atoms with E-state index in [4.69, 9.17) is 21.6 Å². The number of ether oxygens (including phenoxy) is 1. The Morgan fingerprint density at radius 1 is 1.31 bits per heavy atom. The largest absolute Gasteiger partial charge is 0.452 e. The van der Waals surface area contributed by atoms with Gasteiger partial charge in [-0.2, -0.15) is 5.26 Å². The van der Waals surface area contributed by atoms with E-state index < -0.39 is 29.9 Å². The van der Waals surface area contributed by atoms with Crippen LogP contribution in [-0.2, 0) is 9.53 Å². The second-order valence-electron chi connectivity index (χ2n) is 5.35. The lowest BCUT2D eigenvalue weighted by molar-refractivity contribution is -0.119. The normalized spacial score (nSPS) is 10.1. The Labute approximate surface area is 159 Å². The first kappa shape index (κ1) is 19.8. The third kappa shape index (κ3) is 4.75. The number of nitrogens with zero attached hydrogens (tertiary/aromatic N) is 1. The van der Waals surface area contributed by atoms with E-state index in [2.05, 4.69) is 5.32 Å². The van der Waals surface area contributed by atoms with Crippen LogP contribution in [0, 0.1) is 30.3 Å². The smallest absolute Gasteiger partial charge is 0.343 e. The van der Waals surface area contributed by atoms with Crippen molar-refractivity contribution in [1.29, 1.82) is 5.26 Å². The van der Waals surface area contributed by atoms with Gasteiger partial charge in [-0.3, -0.25) is 4.79 Å². The van der Waals surface area contributed by atoms with Crippen LogP contribution in [0.15, 0.2) is 35.2 Å². The number of nitriles is 1. The van der Waals surface area contributed by atoms with Crippen molar-refractivity contribution in [1.82, 2.24) is 0 Å². The highest BCUT2D eigenvalue weighted by atomic mass is 35.5. The van der Waals surface area contributed by atoms with Crippen molar-refractivity contribution < 1.29 is 18.7 Å². The third-order valence-electron chi connectivity index (χ3n) is 3.44. The van der Waals surface area contributed by atoms with E-state index in [0.29, 0.717) is 5.69 Å². The summed E-state index contributed by atoms with van der Waals surface area (Å²) in [7, 11) is 0. The van der Waals surface area contributed by atoms with Gasteiger partial charge in [-0.1, -0.05) is 17.7 Å². The van der Waals surface area contributed by atoms with Gasteiger partial charge in [-0.05, 0) is 61.0 Å². The van der Waals surface area contributed by atoms with E-state index in [0.717, 1.165) is 33.9 Å². The zero-order valence-electron chi connectivity index (χ0n) is 13.9. The van der Waals surface area contributed by atoms with E-state index in [1.165, 1.54) is 12.1 Å². The van der Waals surface area contributed by atoms with Gasteiger partial charge in [0, 0.05) is 10.6 Å². The van der Waals surface area contributed by atoms with Gasteiger partial charge >= 0.3 is 5.97 Å². The Kier molecular flexibility index (Phi) is 6.61. The average Bonchev–Trinajstić information content (AvgIpc) is 2.56. The van der Waals surface area contributed by atoms with Gasteiger partial charge in [0.05, 0.1) is 5.02 Å². The Morgan fingerprint density at radius 2 is 1.96 bits per heavy atom. The lowest BCUT2D eigenvalue weighted by Gasteiger charge is -2.13. The maximum Gasteiger partial charge on any atom is 0.343 e. The first-order valence-electron chi connectivity index (χ1n) is 7.41. The Morgan fingerprint density at radius 3 is 2.54 bits per heavy atom. The molecule has 0 unspecified atom stereocenters. The highest BCUT2D eigenvalue weighted by molar-refractivity contribution is 8.03. The fraction of sp³-hybridized carbons (Fsp3) is 0.167. The molecule has 8 heteroatoms. The van der Waals surface area contributed by atoms with Crippen LogP contribution >= 0.6 is 23.4 Å². The van der Waals surface area contributed by atoms with E-state index in [1.54, 1.807) is 26.0 Å². The first-order valence-corrected chi connectivity index (χ1v) is 8.61. The fourth-order valence-corrected chi connectivity index (χ4v) is 3.12. The number of nitrogens with one attached hydrogen (secondary N) is 1. The van der Waals surface area contributed by atoms with Crippen molar-refractivity contribution in [3.8, 4) is 5.40 Å². The van der Waals surface area contributed by atoms with E-state index in [9.17, 15) is 14.0 Å². The summed E-state index contributed by atoms with van der Waals surface area (Å²) in [6.07, 6.45) is 0. The summed E-state index contributed by atoms with van der Waals surface area (Å²) in [6, 6.07) is 7.33. The fourth-order valence-electron chi connectivity index (χ4n) is 2.30. The highest BCUT2D eigenvalue weighted by Gasteiger charge is 2.19. The number of hydrogen-bond donors (Lipinski definition) is 1. The van der Waals surface area contributed by atoms with Crippen LogP contribution in [0.5, 0.6) is 0 Å². The van der Waals surface area contributed by atoms with Gasteiger partial charge in [0.25, 0.3) is 5.91 Å². The molecule has 26 heavy (non-hydrogen) atoms. The standard InChI is InChI=1S/C18H14ClFN2O3S/c1-10-6-12(26-9-21)7-11(2)17(10)22-15(23)8-25-18(24)16-13(19)4-3-5-14(16)20/h3-7H,8H2,1-2H3,(H,22,23). The summed E-state index contributed by atoms with van der Waals surface area (Å²) < 4.78 is 18.5. The number of thiocyanates is 1. The summed E-state index contributed by atoms with van der Waals surface area (Å²) in [5.74, 6) is -2.41. The Bertz CT molecular complexity index is 869. The molecule has 0 atom stereocenters. The first-order chi connectivity index (χ1) is 12.3. The van der Waals surface area contributed by atoms with Crippen LogP contribution in [0.25, 0.3) is 0 Å². The Balaban J connectivity index is 2.04. The second-order valence-corrected chi connectivity index (χ2v) is 6.61. The minimum atomic E-state index is -1.02. The van der Waals surface area contributed by atoms with Crippen molar-refractivity contribution in [2.24, 2.45) is 0 Å². The molecule has 1 N–H and O–H groups in total. The van der Waals surface area contributed by atoms with E-state index >= 15 is 0 Å². The van der Waals surface area contributed by atoms with Crippen LogP contribution in [-0.4, -0.2) is 18.5 Å². The van der Waals surface area contributed by atoms with Gasteiger partial charge in [-0.15, -0.1) is 0 Å². The maximum atomic E-state index is 13.7. The Hall–Kier alpha value is -2.56. The van der Waals surface area contributed by atoms with Crippen LogP contribution in [0.2, 0.25) is 5.02 Å². The lowest BCUT2D eigenvalue weighted by atomic mass is 10.1. The van der Waals surface area contributed by atoms with Gasteiger partial charge in [0.1, 0.15) is 16.8 Å². The number of halogens is 2. The average molecular weight is 393 g/mol. The van der Waals surface area contributed by atoms with Crippen molar-refractivity contribution in [3.63, 3.8) is 0 Å². The molecule has 134 valence electrons. The number of amides is 1. The summed E-state index contributed by atoms with van der Waals surface area (Å²) in [5, 5.41) is 13.3. The molecule has 0 radical (unpaired) electrons. The molecule has 0 aliphatic heterocycles. The predicted molar refractivity (Wildman–Crippen MR) is 97.7 cm³/mol. The molecule has 0 spiro atoms. The molecule has 2 aromatic rings. The van der Waals surface area contributed by atoms with Crippen LogP contribution < -0.4 is 5.32 Å². The molecular formula is C18H14ClFN2O3S. The zero-order valence-corrected chi connectivity index (χ0v) is 15.5. The van der Waals surface area contributed by atoms with E-state index in [-0.39, 0.29) is 5.02 Å². The third-order valence-corrected chi connectivity index (χ3v) is 4.31. The molecule has 1 amide bonds. The van der Waals surface area contributed by atoms with Gasteiger partial charge in [0.15, 0.2) is 6.61 Å². The lowest BCUT2D eigenvalue weighted by Crippen LogP contribution is -2.22. The summed E-state index contributed by atoms with van der Waals surface area (Å²) in [5.41, 5.74) is 1.68. The molecule has 0 aromatic heterocycles. The molecular weight excluding hydrogens is 379 g/mol. The molecule has 2 rings (SSSR count). The van der Waals surface area contributed by atoms with Gasteiger partial charge in [0.2, 0.25) is 0 Å². The molecule has 0 aliphatic rings. The molecule has 0 heterocycles.